The standard InChI is InChI=1S/C16H15N5O2.C2HF3O2/c22-15(12-4-2-1-3-5-12)10-18-16(23)14-11-21(20-19-14)13-6-8-17-9-7-13;3-2(4,5)1(6)7/h1-9,11,15,22H,10H2,(H,18,23);(H,6,7)/t15-;/m1./s1. The highest BCUT2D eigenvalue weighted by Crippen LogP contribution is 2.13. The van der Waals surface area contributed by atoms with Crippen LogP contribution in [0.3, 0.4) is 0 Å². The molecule has 3 N–H and O–H groups in total. The number of carbonyl (C=O) groups excluding carboxylic acids is 1. The van der Waals surface area contributed by atoms with Crippen LogP contribution in [-0.2, 0) is 4.79 Å². The monoisotopic (exact) mass is 423 g/mol. The fraction of sp³-hybridized carbons (Fsp3) is 0.167. The van der Waals surface area contributed by atoms with Gasteiger partial charge in [-0.2, -0.15) is 13.2 Å². The molecule has 2 aromatic heterocycles. The maximum atomic E-state index is 12.1. The average molecular weight is 423 g/mol. The second kappa shape index (κ2) is 10.1. The summed E-state index contributed by atoms with van der Waals surface area (Å²) in [5.74, 6) is -3.15. The number of amides is 1. The van der Waals surface area contributed by atoms with E-state index in [0.29, 0.717) is 0 Å². The molecule has 1 atom stereocenters. The number of carbonyl (C=O) groups is 2. The van der Waals surface area contributed by atoms with Crippen LogP contribution in [0.4, 0.5) is 13.2 Å². The van der Waals surface area contributed by atoms with Gasteiger partial charge in [0.1, 0.15) is 0 Å². The summed E-state index contributed by atoms with van der Waals surface area (Å²) in [7, 11) is 0. The zero-order chi connectivity index (χ0) is 22.1. The van der Waals surface area contributed by atoms with Crippen LogP contribution in [0.25, 0.3) is 5.69 Å². The van der Waals surface area contributed by atoms with Gasteiger partial charge in [0.15, 0.2) is 5.69 Å². The van der Waals surface area contributed by atoms with E-state index in [0.717, 1.165) is 11.3 Å². The Morgan fingerprint density at radius 1 is 1.10 bits per heavy atom. The molecule has 3 rings (SSSR count). The molecule has 0 aliphatic rings. The molecule has 30 heavy (non-hydrogen) atoms. The SMILES string of the molecule is O=C(NC[C@@H](O)c1ccccc1)c1cn(-c2ccncc2)nn1.O=C(O)C(F)(F)F. The zero-order valence-electron chi connectivity index (χ0n) is 15.2. The van der Waals surface area contributed by atoms with E-state index in [-0.39, 0.29) is 18.1 Å². The van der Waals surface area contributed by atoms with Crippen molar-refractivity contribution >= 4 is 11.9 Å². The Morgan fingerprint density at radius 3 is 2.27 bits per heavy atom. The van der Waals surface area contributed by atoms with Crippen LogP contribution in [0.15, 0.2) is 61.1 Å². The van der Waals surface area contributed by atoms with Gasteiger partial charge in [-0.1, -0.05) is 35.5 Å². The summed E-state index contributed by atoms with van der Waals surface area (Å²) >= 11 is 0. The van der Waals surface area contributed by atoms with E-state index < -0.39 is 18.2 Å². The number of pyridine rings is 1. The van der Waals surface area contributed by atoms with Crippen LogP contribution in [0.5, 0.6) is 0 Å². The maximum absolute atomic E-state index is 12.1. The van der Waals surface area contributed by atoms with E-state index in [1.807, 2.05) is 18.2 Å². The lowest BCUT2D eigenvalue weighted by atomic mass is 10.1. The lowest BCUT2D eigenvalue weighted by Gasteiger charge is -2.11. The van der Waals surface area contributed by atoms with Crippen LogP contribution in [0.2, 0.25) is 0 Å². The fourth-order valence-electron chi connectivity index (χ4n) is 2.06. The molecule has 0 saturated heterocycles. The number of carboxylic acids is 1. The van der Waals surface area contributed by atoms with Gasteiger partial charge < -0.3 is 15.5 Å². The summed E-state index contributed by atoms with van der Waals surface area (Å²) in [6.07, 6.45) is -1.06. The maximum Gasteiger partial charge on any atom is 0.490 e. The predicted molar refractivity (Wildman–Crippen MR) is 96.6 cm³/mol. The summed E-state index contributed by atoms with van der Waals surface area (Å²) < 4.78 is 33.2. The Bertz CT molecular complexity index is 965. The number of hydrogen-bond acceptors (Lipinski definition) is 6. The second-order valence-electron chi connectivity index (χ2n) is 5.69. The number of halogens is 3. The molecule has 0 fully saturated rings. The van der Waals surface area contributed by atoms with E-state index in [4.69, 9.17) is 9.90 Å². The van der Waals surface area contributed by atoms with Gasteiger partial charge in [0, 0.05) is 18.9 Å². The van der Waals surface area contributed by atoms with Crippen LogP contribution in [-0.4, -0.2) is 54.8 Å². The Labute approximate surface area is 167 Å². The van der Waals surface area contributed by atoms with Crippen molar-refractivity contribution in [1.82, 2.24) is 25.3 Å². The van der Waals surface area contributed by atoms with Gasteiger partial charge in [-0.05, 0) is 17.7 Å². The van der Waals surface area contributed by atoms with E-state index in [2.05, 4.69) is 20.6 Å². The first-order chi connectivity index (χ1) is 14.2. The van der Waals surface area contributed by atoms with Crippen molar-refractivity contribution in [3.63, 3.8) is 0 Å². The highest BCUT2D eigenvalue weighted by molar-refractivity contribution is 5.91. The van der Waals surface area contributed by atoms with Crippen LogP contribution < -0.4 is 5.32 Å². The van der Waals surface area contributed by atoms with Gasteiger partial charge in [-0.3, -0.25) is 9.78 Å². The molecule has 0 unspecified atom stereocenters. The second-order valence-corrected chi connectivity index (χ2v) is 5.69. The molecule has 0 radical (unpaired) electrons. The molecule has 0 saturated carbocycles. The number of benzene rings is 1. The molecular formula is C18H16F3N5O4. The molecule has 0 aliphatic carbocycles. The Morgan fingerprint density at radius 2 is 1.70 bits per heavy atom. The molecule has 1 aromatic carbocycles. The summed E-state index contributed by atoms with van der Waals surface area (Å²) in [5.41, 5.74) is 1.69. The van der Waals surface area contributed by atoms with Crippen molar-refractivity contribution < 1.29 is 33.0 Å². The Balaban J connectivity index is 0.000000396. The van der Waals surface area contributed by atoms with Gasteiger partial charge in [0.05, 0.1) is 18.0 Å². The van der Waals surface area contributed by atoms with Gasteiger partial charge in [0.25, 0.3) is 5.91 Å². The summed E-state index contributed by atoms with van der Waals surface area (Å²) in [5, 5.41) is 27.6. The average Bonchev–Trinajstić information content (AvgIpc) is 3.23. The summed E-state index contributed by atoms with van der Waals surface area (Å²) in [6.45, 7) is 0.102. The highest BCUT2D eigenvalue weighted by atomic mass is 19.4. The number of aliphatic hydroxyl groups is 1. The number of aliphatic hydroxyl groups excluding tert-OH is 1. The number of nitrogens with zero attached hydrogens (tertiary/aromatic N) is 4. The van der Waals surface area contributed by atoms with Gasteiger partial charge >= 0.3 is 12.1 Å². The van der Waals surface area contributed by atoms with Gasteiger partial charge in [-0.25, -0.2) is 9.48 Å². The number of aliphatic carboxylic acids is 1. The molecule has 0 aliphatic heterocycles. The number of aromatic nitrogens is 4. The fourth-order valence-corrected chi connectivity index (χ4v) is 2.06. The number of rotatable bonds is 5. The third-order valence-electron chi connectivity index (χ3n) is 3.54. The number of hydrogen-bond donors (Lipinski definition) is 3. The first-order valence-electron chi connectivity index (χ1n) is 8.32. The largest absolute Gasteiger partial charge is 0.490 e. The van der Waals surface area contributed by atoms with E-state index >= 15 is 0 Å². The van der Waals surface area contributed by atoms with Crippen molar-refractivity contribution in [3.8, 4) is 5.69 Å². The van der Waals surface area contributed by atoms with Gasteiger partial charge in [-0.15, -0.1) is 5.10 Å². The lowest BCUT2D eigenvalue weighted by Crippen LogP contribution is -2.28. The lowest BCUT2D eigenvalue weighted by molar-refractivity contribution is -0.192. The van der Waals surface area contributed by atoms with E-state index in [1.54, 1.807) is 36.7 Å². The van der Waals surface area contributed by atoms with Crippen LogP contribution in [0, 0.1) is 0 Å². The molecule has 0 bridgehead atoms. The van der Waals surface area contributed by atoms with E-state index in [9.17, 15) is 23.1 Å². The Hall–Kier alpha value is -3.80. The molecule has 12 heteroatoms. The predicted octanol–water partition coefficient (Wildman–Crippen LogP) is 1.76. The minimum atomic E-state index is -5.08. The van der Waals surface area contributed by atoms with Crippen molar-refractivity contribution in [2.45, 2.75) is 12.3 Å². The minimum absolute atomic E-state index is 0.102. The normalized spacial score (nSPS) is 11.7. The molecular weight excluding hydrogens is 407 g/mol. The first-order valence-corrected chi connectivity index (χ1v) is 8.32. The summed E-state index contributed by atoms with van der Waals surface area (Å²) in [6, 6.07) is 12.7. The number of nitrogens with one attached hydrogen (secondary N) is 1. The number of carboxylic acid groups (broad SMARTS) is 1. The van der Waals surface area contributed by atoms with Crippen molar-refractivity contribution in [2.24, 2.45) is 0 Å². The van der Waals surface area contributed by atoms with Crippen LogP contribution in [0.1, 0.15) is 22.2 Å². The number of alkyl halides is 3. The molecule has 158 valence electrons. The topological polar surface area (TPSA) is 130 Å². The van der Waals surface area contributed by atoms with Crippen molar-refractivity contribution in [2.75, 3.05) is 6.54 Å². The van der Waals surface area contributed by atoms with Crippen molar-refractivity contribution in [1.29, 1.82) is 0 Å². The van der Waals surface area contributed by atoms with E-state index in [1.165, 1.54) is 10.9 Å². The Kier molecular flexibility index (Phi) is 7.58. The highest BCUT2D eigenvalue weighted by Gasteiger charge is 2.38. The first kappa shape index (κ1) is 22.5. The molecule has 9 nitrogen and oxygen atoms in total. The molecule has 3 aromatic rings. The van der Waals surface area contributed by atoms with Crippen LogP contribution >= 0.6 is 0 Å². The van der Waals surface area contributed by atoms with Crippen molar-refractivity contribution in [3.05, 3.63) is 72.3 Å². The molecule has 2 heterocycles. The third-order valence-corrected chi connectivity index (χ3v) is 3.54. The quantitative estimate of drug-likeness (QED) is 0.570. The smallest absolute Gasteiger partial charge is 0.475 e. The molecule has 0 spiro atoms. The zero-order valence-corrected chi connectivity index (χ0v) is 15.2. The molecule has 1 amide bonds. The van der Waals surface area contributed by atoms with Gasteiger partial charge in [0.2, 0.25) is 0 Å². The minimum Gasteiger partial charge on any atom is -0.475 e. The third kappa shape index (κ3) is 6.67. The summed E-state index contributed by atoms with van der Waals surface area (Å²) in [4.78, 5) is 24.9.